The number of nitrogens with zero attached hydrogens (tertiary/aromatic N) is 2. The van der Waals surface area contributed by atoms with Crippen LogP contribution in [0.1, 0.15) is 68.1 Å². The van der Waals surface area contributed by atoms with Gasteiger partial charge in [-0.15, -0.1) is 5.10 Å². The van der Waals surface area contributed by atoms with Gasteiger partial charge in [-0.1, -0.05) is 31.9 Å². The number of aromatic nitrogens is 2. The number of aryl methyl sites for hydroxylation is 1. The molecule has 3 rings (SSSR count). The Morgan fingerprint density at radius 3 is 2.56 bits per heavy atom. The fourth-order valence-corrected chi connectivity index (χ4v) is 3.52. The van der Waals surface area contributed by atoms with Crippen LogP contribution >= 0.6 is 0 Å². The largest absolute Gasteiger partial charge is 0.490 e. The SMILES string of the molecule is CCCCc1nnc(C(=O)NC)cc1-c1ccc(OC2CCCCC2)cc1. The summed E-state index contributed by atoms with van der Waals surface area (Å²) in [5.41, 5.74) is 3.29. The predicted octanol–water partition coefficient (Wildman–Crippen LogP) is 4.56. The number of amides is 1. The van der Waals surface area contributed by atoms with Crippen molar-refractivity contribution in [2.24, 2.45) is 0 Å². The Bertz CT molecular complexity index is 753. The molecule has 1 aliphatic rings. The quantitative estimate of drug-likeness (QED) is 0.779. The van der Waals surface area contributed by atoms with Crippen molar-refractivity contribution in [1.82, 2.24) is 15.5 Å². The van der Waals surface area contributed by atoms with Crippen molar-refractivity contribution < 1.29 is 9.53 Å². The highest BCUT2D eigenvalue weighted by molar-refractivity contribution is 5.93. The van der Waals surface area contributed by atoms with Gasteiger partial charge in [0.05, 0.1) is 11.8 Å². The van der Waals surface area contributed by atoms with E-state index in [9.17, 15) is 4.79 Å². The van der Waals surface area contributed by atoms with Crippen LogP contribution in [0.15, 0.2) is 30.3 Å². The number of hydrogen-bond acceptors (Lipinski definition) is 4. The molecule has 27 heavy (non-hydrogen) atoms. The number of benzene rings is 1. The van der Waals surface area contributed by atoms with Gasteiger partial charge in [0.2, 0.25) is 0 Å². The molecule has 1 heterocycles. The van der Waals surface area contributed by atoms with Crippen LogP contribution in [0.25, 0.3) is 11.1 Å². The van der Waals surface area contributed by atoms with Gasteiger partial charge >= 0.3 is 0 Å². The molecule has 0 bridgehead atoms. The highest BCUT2D eigenvalue weighted by Crippen LogP contribution is 2.28. The Hall–Kier alpha value is -2.43. The zero-order valence-electron chi connectivity index (χ0n) is 16.3. The number of hydrogen-bond donors (Lipinski definition) is 1. The van der Waals surface area contributed by atoms with E-state index in [-0.39, 0.29) is 5.91 Å². The van der Waals surface area contributed by atoms with Crippen molar-refractivity contribution in [2.45, 2.75) is 64.4 Å². The average molecular weight is 367 g/mol. The van der Waals surface area contributed by atoms with Gasteiger partial charge in [-0.2, -0.15) is 5.10 Å². The molecule has 1 aliphatic carbocycles. The summed E-state index contributed by atoms with van der Waals surface area (Å²) in [4.78, 5) is 12.0. The second-order valence-corrected chi connectivity index (χ2v) is 7.17. The molecule has 0 unspecified atom stereocenters. The van der Waals surface area contributed by atoms with E-state index in [2.05, 4.69) is 34.6 Å². The molecular weight excluding hydrogens is 338 g/mol. The molecule has 144 valence electrons. The third-order valence-corrected chi connectivity index (χ3v) is 5.12. The first-order valence-electron chi connectivity index (χ1n) is 10.1. The summed E-state index contributed by atoms with van der Waals surface area (Å²) < 4.78 is 6.13. The van der Waals surface area contributed by atoms with Crippen LogP contribution < -0.4 is 10.1 Å². The maximum absolute atomic E-state index is 12.0. The standard InChI is InChI=1S/C22H29N3O2/c1-3-4-10-20-19(15-21(25-24-20)22(26)23-2)16-11-13-18(14-12-16)27-17-8-6-5-7-9-17/h11-15,17H,3-10H2,1-2H3,(H,23,26). The molecule has 5 heteroatoms. The molecular formula is C22H29N3O2. The Morgan fingerprint density at radius 2 is 1.89 bits per heavy atom. The maximum Gasteiger partial charge on any atom is 0.271 e. The summed E-state index contributed by atoms with van der Waals surface area (Å²) in [6, 6.07) is 9.99. The molecule has 1 N–H and O–H groups in total. The minimum Gasteiger partial charge on any atom is -0.490 e. The average Bonchev–Trinajstić information content (AvgIpc) is 2.73. The van der Waals surface area contributed by atoms with Crippen molar-refractivity contribution in [3.8, 4) is 16.9 Å². The van der Waals surface area contributed by atoms with Crippen molar-refractivity contribution in [3.05, 3.63) is 41.7 Å². The van der Waals surface area contributed by atoms with E-state index in [1.807, 2.05) is 18.2 Å². The van der Waals surface area contributed by atoms with Gasteiger partial charge in [-0.3, -0.25) is 4.79 Å². The molecule has 1 saturated carbocycles. The molecule has 0 saturated heterocycles. The van der Waals surface area contributed by atoms with Crippen LogP contribution in [0, 0.1) is 0 Å². The number of ether oxygens (including phenoxy) is 1. The highest BCUT2D eigenvalue weighted by atomic mass is 16.5. The lowest BCUT2D eigenvalue weighted by atomic mass is 9.97. The molecule has 1 fully saturated rings. The zero-order valence-corrected chi connectivity index (χ0v) is 16.3. The van der Waals surface area contributed by atoms with Gasteiger partial charge in [0.1, 0.15) is 5.75 Å². The van der Waals surface area contributed by atoms with E-state index in [1.165, 1.54) is 19.3 Å². The first-order valence-corrected chi connectivity index (χ1v) is 10.1. The number of nitrogens with one attached hydrogen (secondary N) is 1. The first-order chi connectivity index (χ1) is 13.2. The second kappa shape index (κ2) is 9.49. The lowest BCUT2D eigenvalue weighted by Gasteiger charge is -2.23. The third-order valence-electron chi connectivity index (χ3n) is 5.12. The molecule has 0 atom stereocenters. The monoisotopic (exact) mass is 367 g/mol. The van der Waals surface area contributed by atoms with Gasteiger partial charge in [0, 0.05) is 12.6 Å². The molecule has 5 nitrogen and oxygen atoms in total. The summed E-state index contributed by atoms with van der Waals surface area (Å²) in [5, 5.41) is 11.0. The van der Waals surface area contributed by atoms with E-state index in [0.29, 0.717) is 11.8 Å². The number of carbonyl (C=O) groups is 1. The highest BCUT2D eigenvalue weighted by Gasteiger charge is 2.16. The lowest BCUT2D eigenvalue weighted by molar-refractivity contribution is 0.0957. The molecule has 2 aromatic rings. The fraction of sp³-hybridized carbons (Fsp3) is 0.500. The molecule has 1 amide bonds. The van der Waals surface area contributed by atoms with Crippen LogP contribution in [-0.2, 0) is 6.42 Å². The lowest BCUT2D eigenvalue weighted by Crippen LogP contribution is -2.20. The molecule has 0 spiro atoms. The minimum absolute atomic E-state index is 0.219. The second-order valence-electron chi connectivity index (χ2n) is 7.17. The maximum atomic E-state index is 12.0. The van der Waals surface area contributed by atoms with Gasteiger partial charge in [-0.25, -0.2) is 0 Å². The Kier molecular flexibility index (Phi) is 6.80. The van der Waals surface area contributed by atoms with Crippen molar-refractivity contribution >= 4 is 5.91 Å². The van der Waals surface area contributed by atoms with Crippen LogP contribution in [0.4, 0.5) is 0 Å². The summed E-state index contributed by atoms with van der Waals surface area (Å²) >= 11 is 0. The molecule has 1 aromatic carbocycles. The van der Waals surface area contributed by atoms with Crippen LogP contribution in [0.3, 0.4) is 0 Å². The Morgan fingerprint density at radius 1 is 1.15 bits per heavy atom. The van der Waals surface area contributed by atoms with Crippen LogP contribution in [-0.4, -0.2) is 29.3 Å². The van der Waals surface area contributed by atoms with Gasteiger partial charge in [-0.05, 0) is 62.3 Å². The van der Waals surface area contributed by atoms with Gasteiger partial charge < -0.3 is 10.1 Å². The van der Waals surface area contributed by atoms with Crippen molar-refractivity contribution in [1.29, 1.82) is 0 Å². The smallest absolute Gasteiger partial charge is 0.271 e. The molecule has 0 radical (unpaired) electrons. The number of carbonyl (C=O) groups excluding carboxylic acids is 1. The fourth-order valence-electron chi connectivity index (χ4n) is 3.52. The molecule has 1 aromatic heterocycles. The summed E-state index contributed by atoms with van der Waals surface area (Å²) in [7, 11) is 1.60. The summed E-state index contributed by atoms with van der Waals surface area (Å²) in [6.45, 7) is 2.16. The number of rotatable bonds is 7. The van der Waals surface area contributed by atoms with Crippen molar-refractivity contribution in [2.75, 3.05) is 7.05 Å². The summed E-state index contributed by atoms with van der Waals surface area (Å²) in [5.74, 6) is 0.692. The van der Waals surface area contributed by atoms with Crippen LogP contribution in [0.5, 0.6) is 5.75 Å². The van der Waals surface area contributed by atoms with Gasteiger partial charge in [0.25, 0.3) is 5.91 Å². The first kappa shape index (κ1) is 19.3. The van der Waals surface area contributed by atoms with E-state index >= 15 is 0 Å². The van der Waals surface area contributed by atoms with Gasteiger partial charge in [0.15, 0.2) is 5.69 Å². The van der Waals surface area contributed by atoms with Crippen molar-refractivity contribution in [3.63, 3.8) is 0 Å². The van der Waals surface area contributed by atoms with E-state index < -0.39 is 0 Å². The summed E-state index contributed by atoms with van der Waals surface area (Å²) in [6.07, 6.45) is 9.46. The van der Waals surface area contributed by atoms with E-state index in [0.717, 1.165) is 54.7 Å². The van der Waals surface area contributed by atoms with E-state index in [1.54, 1.807) is 7.05 Å². The Balaban J connectivity index is 1.83. The predicted molar refractivity (Wildman–Crippen MR) is 107 cm³/mol. The third kappa shape index (κ3) is 5.06. The normalized spacial score (nSPS) is 14.7. The van der Waals surface area contributed by atoms with E-state index in [4.69, 9.17) is 4.74 Å². The zero-order chi connectivity index (χ0) is 19.1. The molecule has 0 aliphatic heterocycles. The van der Waals surface area contributed by atoms with Crippen LogP contribution in [0.2, 0.25) is 0 Å². The minimum atomic E-state index is -0.219. The number of unbranched alkanes of at least 4 members (excludes halogenated alkanes) is 1. The Labute approximate surface area is 161 Å². The topological polar surface area (TPSA) is 64.1 Å².